The van der Waals surface area contributed by atoms with Crippen LogP contribution in [-0.4, -0.2) is 36.0 Å². The van der Waals surface area contributed by atoms with Gasteiger partial charge in [0.2, 0.25) is 5.91 Å². The second-order valence-electron chi connectivity index (χ2n) is 7.00. The maximum absolute atomic E-state index is 12.6. The predicted molar refractivity (Wildman–Crippen MR) is 77.3 cm³/mol. The molecule has 108 valence electrons. The highest BCUT2D eigenvalue weighted by Crippen LogP contribution is 2.58. The molecule has 4 fully saturated rings. The van der Waals surface area contributed by atoms with Crippen molar-refractivity contribution in [2.24, 2.45) is 17.8 Å². The lowest BCUT2D eigenvalue weighted by Gasteiger charge is -2.36. The van der Waals surface area contributed by atoms with Gasteiger partial charge in [0.05, 0.1) is 0 Å². The van der Waals surface area contributed by atoms with Crippen molar-refractivity contribution in [2.75, 3.05) is 7.05 Å². The summed E-state index contributed by atoms with van der Waals surface area (Å²) in [6.07, 6.45) is 8.98. The fourth-order valence-electron chi connectivity index (χ4n) is 4.95. The number of halogens is 1. The third kappa shape index (κ3) is 2.19. The van der Waals surface area contributed by atoms with Crippen LogP contribution in [0.25, 0.3) is 0 Å². The topological polar surface area (TPSA) is 32.3 Å². The summed E-state index contributed by atoms with van der Waals surface area (Å²) in [6.45, 7) is 0. The molecule has 19 heavy (non-hydrogen) atoms. The molecule has 0 radical (unpaired) electrons. The number of piperidine rings is 1. The molecule has 2 saturated carbocycles. The Morgan fingerprint density at radius 1 is 1.05 bits per heavy atom. The summed E-state index contributed by atoms with van der Waals surface area (Å²) in [6, 6.07) is 1.88. The van der Waals surface area contributed by atoms with Gasteiger partial charge in [-0.3, -0.25) is 4.79 Å². The molecule has 4 rings (SSSR count). The van der Waals surface area contributed by atoms with Crippen molar-refractivity contribution in [1.82, 2.24) is 10.2 Å². The Hall–Kier alpha value is -0.280. The molecule has 1 amide bonds. The Balaban J connectivity index is 0.00000110. The van der Waals surface area contributed by atoms with Gasteiger partial charge in [-0.2, -0.15) is 0 Å². The lowest BCUT2D eigenvalue weighted by molar-refractivity contribution is -0.134. The van der Waals surface area contributed by atoms with Gasteiger partial charge >= 0.3 is 0 Å². The number of carbonyl (C=O) groups is 1. The number of nitrogens with zero attached hydrogens (tertiary/aromatic N) is 1. The van der Waals surface area contributed by atoms with Crippen molar-refractivity contribution in [3.63, 3.8) is 0 Å². The van der Waals surface area contributed by atoms with Crippen LogP contribution in [0.15, 0.2) is 0 Å². The van der Waals surface area contributed by atoms with Crippen LogP contribution in [0.1, 0.15) is 44.9 Å². The van der Waals surface area contributed by atoms with E-state index in [1.165, 1.54) is 44.9 Å². The highest BCUT2D eigenvalue weighted by molar-refractivity contribution is 5.85. The van der Waals surface area contributed by atoms with Crippen LogP contribution in [0.2, 0.25) is 0 Å². The molecule has 4 atom stereocenters. The predicted octanol–water partition coefficient (Wildman–Crippen LogP) is 2.20. The van der Waals surface area contributed by atoms with E-state index in [1.807, 2.05) is 0 Å². The maximum atomic E-state index is 12.6. The molecule has 4 heteroatoms. The standard InChI is InChI=1S/C15H24N2O.ClH/c1-17(11-7-9-5-6-10(8-11)16-9)15(18)14-12-3-2-4-13(12)14;/h9-14,16H,2-8H2,1H3;1H. The van der Waals surface area contributed by atoms with Crippen molar-refractivity contribution in [2.45, 2.75) is 63.1 Å². The van der Waals surface area contributed by atoms with Crippen molar-refractivity contribution >= 4 is 18.3 Å². The van der Waals surface area contributed by atoms with E-state index >= 15 is 0 Å². The zero-order valence-electron chi connectivity index (χ0n) is 11.7. The van der Waals surface area contributed by atoms with Crippen molar-refractivity contribution in [3.8, 4) is 0 Å². The SMILES string of the molecule is CN(C(=O)C1C2CCCC21)C1CC2CCC(C1)N2.Cl. The summed E-state index contributed by atoms with van der Waals surface area (Å²) < 4.78 is 0. The van der Waals surface area contributed by atoms with Gasteiger partial charge in [-0.25, -0.2) is 0 Å². The first-order valence-corrected chi connectivity index (χ1v) is 7.77. The normalized spacial score (nSPS) is 46.4. The van der Waals surface area contributed by atoms with E-state index in [9.17, 15) is 4.79 Å². The first-order valence-electron chi connectivity index (χ1n) is 7.77. The highest BCUT2D eigenvalue weighted by atomic mass is 35.5. The van der Waals surface area contributed by atoms with Crippen molar-refractivity contribution in [1.29, 1.82) is 0 Å². The summed E-state index contributed by atoms with van der Waals surface area (Å²) in [7, 11) is 2.06. The molecule has 0 spiro atoms. The first kappa shape index (κ1) is 13.7. The Kier molecular flexibility index (Phi) is 3.55. The highest BCUT2D eigenvalue weighted by Gasteiger charge is 2.57. The molecule has 4 aliphatic rings. The fraction of sp³-hybridized carbons (Fsp3) is 0.933. The zero-order chi connectivity index (χ0) is 12.3. The van der Waals surface area contributed by atoms with Crippen molar-refractivity contribution < 1.29 is 4.79 Å². The summed E-state index contributed by atoms with van der Waals surface area (Å²) in [5, 5.41) is 3.66. The maximum Gasteiger partial charge on any atom is 0.226 e. The van der Waals surface area contributed by atoms with Gasteiger partial charge in [0, 0.05) is 31.1 Å². The number of nitrogens with one attached hydrogen (secondary N) is 1. The van der Waals surface area contributed by atoms with E-state index in [-0.39, 0.29) is 12.4 Å². The van der Waals surface area contributed by atoms with E-state index in [0.717, 1.165) is 11.8 Å². The van der Waals surface area contributed by atoms with Gasteiger partial charge in [0.1, 0.15) is 0 Å². The number of hydrogen-bond acceptors (Lipinski definition) is 2. The van der Waals surface area contributed by atoms with E-state index in [2.05, 4.69) is 17.3 Å². The minimum Gasteiger partial charge on any atom is -0.342 e. The summed E-state index contributed by atoms with van der Waals surface area (Å²) >= 11 is 0. The van der Waals surface area contributed by atoms with Gasteiger partial charge in [0.15, 0.2) is 0 Å². The Labute approximate surface area is 121 Å². The lowest BCUT2D eigenvalue weighted by atomic mass is 9.97. The zero-order valence-corrected chi connectivity index (χ0v) is 12.5. The van der Waals surface area contributed by atoms with Gasteiger partial charge in [-0.05, 0) is 50.4 Å². The minimum atomic E-state index is 0. The van der Waals surface area contributed by atoms with Crippen LogP contribution in [-0.2, 0) is 4.79 Å². The lowest BCUT2D eigenvalue weighted by Crippen LogP contribution is -2.49. The molecule has 2 bridgehead atoms. The van der Waals surface area contributed by atoms with Gasteiger partial charge in [-0.15, -0.1) is 12.4 Å². The van der Waals surface area contributed by atoms with E-state index in [1.54, 1.807) is 0 Å². The number of fused-ring (bicyclic) bond motifs is 3. The van der Waals surface area contributed by atoms with Gasteiger partial charge in [0.25, 0.3) is 0 Å². The Morgan fingerprint density at radius 2 is 1.63 bits per heavy atom. The largest absolute Gasteiger partial charge is 0.342 e. The smallest absolute Gasteiger partial charge is 0.226 e. The molecule has 0 aromatic carbocycles. The molecule has 1 N–H and O–H groups in total. The van der Waals surface area contributed by atoms with Crippen LogP contribution in [0.5, 0.6) is 0 Å². The average molecular weight is 285 g/mol. The van der Waals surface area contributed by atoms with Gasteiger partial charge < -0.3 is 10.2 Å². The van der Waals surface area contributed by atoms with E-state index < -0.39 is 0 Å². The minimum absolute atomic E-state index is 0. The molecule has 2 saturated heterocycles. The van der Waals surface area contributed by atoms with E-state index in [0.29, 0.717) is 30.0 Å². The number of carbonyl (C=O) groups excluding carboxylic acids is 1. The van der Waals surface area contributed by atoms with Crippen LogP contribution < -0.4 is 5.32 Å². The monoisotopic (exact) mass is 284 g/mol. The molecule has 3 nitrogen and oxygen atoms in total. The molecular formula is C15H25ClN2O. The average Bonchev–Trinajstić information content (AvgIpc) is 2.73. The van der Waals surface area contributed by atoms with Crippen LogP contribution in [0.3, 0.4) is 0 Å². The van der Waals surface area contributed by atoms with Crippen LogP contribution in [0, 0.1) is 17.8 Å². The van der Waals surface area contributed by atoms with E-state index in [4.69, 9.17) is 0 Å². The van der Waals surface area contributed by atoms with Crippen molar-refractivity contribution in [3.05, 3.63) is 0 Å². The van der Waals surface area contributed by atoms with Crippen LogP contribution >= 0.6 is 12.4 Å². The van der Waals surface area contributed by atoms with Gasteiger partial charge in [-0.1, -0.05) is 6.42 Å². The fourth-order valence-corrected chi connectivity index (χ4v) is 4.95. The molecule has 0 aromatic heterocycles. The Morgan fingerprint density at radius 3 is 2.21 bits per heavy atom. The summed E-state index contributed by atoms with van der Waals surface area (Å²) in [5.41, 5.74) is 0. The first-order chi connectivity index (χ1) is 8.74. The molecule has 4 unspecified atom stereocenters. The second kappa shape index (κ2) is 4.92. The van der Waals surface area contributed by atoms with Crippen LogP contribution in [0.4, 0.5) is 0 Å². The quantitative estimate of drug-likeness (QED) is 0.843. The summed E-state index contributed by atoms with van der Waals surface area (Å²) in [5.74, 6) is 2.41. The Bertz CT molecular complexity index is 353. The summed E-state index contributed by atoms with van der Waals surface area (Å²) in [4.78, 5) is 14.7. The molecule has 2 heterocycles. The third-order valence-corrected chi connectivity index (χ3v) is 6.04. The molecule has 0 aromatic rings. The molecule has 2 aliphatic heterocycles. The number of hydrogen-bond donors (Lipinski definition) is 1. The third-order valence-electron chi connectivity index (χ3n) is 6.04. The second-order valence-corrected chi connectivity index (χ2v) is 7.00. The number of rotatable bonds is 2. The molecule has 2 aliphatic carbocycles. The molecular weight excluding hydrogens is 260 g/mol. The number of amides is 1.